The summed E-state index contributed by atoms with van der Waals surface area (Å²) in [6.07, 6.45) is 0.298. The molecule has 4 rings (SSSR count). The van der Waals surface area contributed by atoms with Crippen LogP contribution in [-0.2, 0) is 21.2 Å². The second kappa shape index (κ2) is 9.75. The standard InChI is InChI=1S/C23H20N4O5S2/c1-24-34(31,32)20-12-10-17(11-13-20)25-23-26(18-7-3-2-4-8-18)22(28)21(33-23)15-16-6-5-9-19(14-16)27(29)30/h2-14,21,24H,15H2,1H3/t21-/m1/s1. The van der Waals surface area contributed by atoms with Crippen molar-refractivity contribution in [1.82, 2.24) is 4.72 Å². The van der Waals surface area contributed by atoms with E-state index in [-0.39, 0.29) is 16.5 Å². The molecule has 9 nitrogen and oxygen atoms in total. The van der Waals surface area contributed by atoms with Gasteiger partial charge in [0.15, 0.2) is 5.17 Å². The number of anilines is 1. The predicted molar refractivity (Wildman–Crippen MR) is 132 cm³/mol. The van der Waals surface area contributed by atoms with Crippen molar-refractivity contribution in [3.63, 3.8) is 0 Å². The van der Waals surface area contributed by atoms with Crippen LogP contribution < -0.4 is 9.62 Å². The van der Waals surface area contributed by atoms with Crippen LogP contribution in [0.15, 0.2) is 88.8 Å². The number of carbonyl (C=O) groups is 1. The first kappa shape index (κ1) is 23.6. The molecule has 1 aliphatic rings. The summed E-state index contributed by atoms with van der Waals surface area (Å²) in [6.45, 7) is 0. The maximum absolute atomic E-state index is 13.4. The average Bonchev–Trinajstić information content (AvgIpc) is 3.14. The van der Waals surface area contributed by atoms with E-state index < -0.39 is 20.2 Å². The number of nitrogens with zero attached hydrogens (tertiary/aromatic N) is 3. The summed E-state index contributed by atoms with van der Waals surface area (Å²) >= 11 is 1.27. The monoisotopic (exact) mass is 496 g/mol. The molecule has 1 heterocycles. The second-order valence-electron chi connectivity index (χ2n) is 7.34. The number of sulfonamides is 1. The zero-order valence-electron chi connectivity index (χ0n) is 18.0. The van der Waals surface area contributed by atoms with Crippen LogP contribution in [0.1, 0.15) is 5.56 Å². The zero-order chi connectivity index (χ0) is 24.3. The number of hydrogen-bond acceptors (Lipinski definition) is 7. The number of non-ortho nitro benzene ring substituents is 1. The third-order valence-electron chi connectivity index (χ3n) is 5.13. The van der Waals surface area contributed by atoms with E-state index in [1.807, 2.05) is 18.2 Å². The Morgan fingerprint density at radius 2 is 1.76 bits per heavy atom. The summed E-state index contributed by atoms with van der Waals surface area (Å²) in [6, 6.07) is 21.3. The number of carbonyl (C=O) groups excluding carboxylic acids is 1. The lowest BCUT2D eigenvalue weighted by atomic mass is 10.1. The minimum absolute atomic E-state index is 0.0293. The maximum Gasteiger partial charge on any atom is 0.269 e. The van der Waals surface area contributed by atoms with E-state index in [4.69, 9.17) is 0 Å². The van der Waals surface area contributed by atoms with E-state index >= 15 is 0 Å². The van der Waals surface area contributed by atoms with E-state index in [2.05, 4.69) is 9.71 Å². The van der Waals surface area contributed by atoms with Crippen LogP contribution in [0, 0.1) is 10.1 Å². The molecule has 34 heavy (non-hydrogen) atoms. The van der Waals surface area contributed by atoms with Gasteiger partial charge in [0.2, 0.25) is 15.9 Å². The normalized spacial score (nSPS) is 17.3. The fourth-order valence-corrected chi connectivity index (χ4v) is 5.35. The van der Waals surface area contributed by atoms with Crippen LogP contribution in [0.5, 0.6) is 0 Å². The summed E-state index contributed by atoms with van der Waals surface area (Å²) in [5, 5.41) is 11.0. The van der Waals surface area contributed by atoms with Crippen molar-refractivity contribution < 1.29 is 18.1 Å². The van der Waals surface area contributed by atoms with Gasteiger partial charge in [-0.2, -0.15) is 0 Å². The smallest absolute Gasteiger partial charge is 0.269 e. The van der Waals surface area contributed by atoms with Crippen LogP contribution in [-0.4, -0.2) is 36.7 Å². The number of amides is 1. The molecule has 1 fully saturated rings. The van der Waals surface area contributed by atoms with Gasteiger partial charge < -0.3 is 0 Å². The first-order valence-corrected chi connectivity index (χ1v) is 12.6. The number of amidine groups is 1. The minimum Gasteiger partial charge on any atom is -0.273 e. The molecule has 0 unspecified atom stereocenters. The van der Waals surface area contributed by atoms with Gasteiger partial charge in [-0.15, -0.1) is 0 Å². The Balaban J connectivity index is 1.67. The first-order chi connectivity index (χ1) is 16.3. The van der Waals surface area contributed by atoms with Crippen molar-refractivity contribution in [2.45, 2.75) is 16.6 Å². The molecule has 0 aromatic heterocycles. The molecular formula is C23H20N4O5S2. The largest absolute Gasteiger partial charge is 0.273 e. The van der Waals surface area contributed by atoms with Crippen LogP contribution in [0.25, 0.3) is 0 Å². The van der Waals surface area contributed by atoms with Gasteiger partial charge in [-0.25, -0.2) is 18.1 Å². The molecule has 0 radical (unpaired) electrons. The number of para-hydroxylation sites is 1. The van der Waals surface area contributed by atoms with E-state index in [1.165, 1.54) is 48.0 Å². The quantitative estimate of drug-likeness (QED) is 0.391. The predicted octanol–water partition coefficient (Wildman–Crippen LogP) is 3.88. The van der Waals surface area contributed by atoms with Crippen molar-refractivity contribution in [2.24, 2.45) is 4.99 Å². The van der Waals surface area contributed by atoms with Crippen molar-refractivity contribution in [2.75, 3.05) is 11.9 Å². The van der Waals surface area contributed by atoms with Gasteiger partial charge in [-0.3, -0.25) is 19.8 Å². The highest BCUT2D eigenvalue weighted by Crippen LogP contribution is 2.35. The van der Waals surface area contributed by atoms with Crippen molar-refractivity contribution in [3.8, 4) is 0 Å². The molecule has 11 heteroatoms. The highest BCUT2D eigenvalue weighted by atomic mass is 32.2. The van der Waals surface area contributed by atoms with Gasteiger partial charge in [0.25, 0.3) is 5.69 Å². The lowest BCUT2D eigenvalue weighted by molar-refractivity contribution is -0.384. The van der Waals surface area contributed by atoms with Crippen LogP contribution in [0.4, 0.5) is 17.1 Å². The lowest BCUT2D eigenvalue weighted by Gasteiger charge is -2.16. The Hall–Kier alpha value is -3.54. The van der Waals surface area contributed by atoms with Crippen molar-refractivity contribution >= 4 is 49.9 Å². The minimum atomic E-state index is -3.57. The molecule has 3 aromatic carbocycles. The molecule has 1 atom stereocenters. The highest BCUT2D eigenvalue weighted by molar-refractivity contribution is 8.16. The second-order valence-corrected chi connectivity index (χ2v) is 10.4. The van der Waals surface area contributed by atoms with Gasteiger partial charge in [0.1, 0.15) is 0 Å². The number of hydrogen-bond donors (Lipinski definition) is 1. The van der Waals surface area contributed by atoms with Crippen LogP contribution >= 0.6 is 11.8 Å². The van der Waals surface area contributed by atoms with E-state index in [0.29, 0.717) is 28.5 Å². The van der Waals surface area contributed by atoms with Crippen molar-refractivity contribution in [3.05, 3.63) is 94.5 Å². The summed E-state index contributed by atoms with van der Waals surface area (Å²) in [7, 11) is -2.24. The molecule has 1 amide bonds. The first-order valence-electron chi connectivity index (χ1n) is 10.2. The van der Waals surface area contributed by atoms with Crippen LogP contribution in [0.2, 0.25) is 0 Å². The van der Waals surface area contributed by atoms with Gasteiger partial charge in [-0.1, -0.05) is 42.1 Å². The topological polar surface area (TPSA) is 122 Å². The molecule has 1 aliphatic heterocycles. The number of benzene rings is 3. The Morgan fingerprint density at radius 1 is 1.06 bits per heavy atom. The van der Waals surface area contributed by atoms with Gasteiger partial charge in [0, 0.05) is 12.1 Å². The summed E-state index contributed by atoms with van der Waals surface area (Å²) < 4.78 is 26.2. The third-order valence-corrected chi connectivity index (χ3v) is 7.70. The fourth-order valence-electron chi connectivity index (χ4n) is 3.43. The van der Waals surface area contributed by atoms with Gasteiger partial charge in [0.05, 0.1) is 26.4 Å². The Bertz CT molecular complexity index is 1360. The van der Waals surface area contributed by atoms with Gasteiger partial charge in [-0.05, 0) is 55.4 Å². The molecular weight excluding hydrogens is 476 g/mol. The zero-order valence-corrected chi connectivity index (χ0v) is 19.6. The number of nitrogens with one attached hydrogen (secondary N) is 1. The average molecular weight is 497 g/mol. The molecule has 0 aliphatic carbocycles. The van der Waals surface area contributed by atoms with Crippen molar-refractivity contribution in [1.29, 1.82) is 0 Å². The third kappa shape index (κ3) is 5.01. The van der Waals surface area contributed by atoms with Gasteiger partial charge >= 0.3 is 0 Å². The number of rotatable bonds is 7. The van der Waals surface area contributed by atoms with Crippen LogP contribution in [0.3, 0.4) is 0 Å². The summed E-state index contributed by atoms with van der Waals surface area (Å²) in [5.41, 5.74) is 1.78. The summed E-state index contributed by atoms with van der Waals surface area (Å²) in [4.78, 5) is 30.3. The van der Waals surface area contributed by atoms with E-state index in [1.54, 1.807) is 36.4 Å². The maximum atomic E-state index is 13.4. The number of nitro groups is 1. The Labute approximate surface area is 200 Å². The fraction of sp³-hybridized carbons (Fsp3) is 0.130. The Morgan fingerprint density at radius 3 is 2.41 bits per heavy atom. The highest BCUT2D eigenvalue weighted by Gasteiger charge is 2.39. The molecule has 0 bridgehead atoms. The van der Waals surface area contributed by atoms with E-state index in [9.17, 15) is 23.3 Å². The molecule has 0 spiro atoms. The van der Waals surface area contributed by atoms with E-state index in [0.717, 1.165) is 0 Å². The lowest BCUT2D eigenvalue weighted by Crippen LogP contribution is -2.32. The Kier molecular flexibility index (Phi) is 6.77. The number of nitro benzene ring substituents is 1. The molecule has 174 valence electrons. The number of thioether (sulfide) groups is 1. The number of aliphatic imine (C=N–C) groups is 1. The SMILES string of the molecule is CNS(=O)(=O)c1ccc(N=C2S[C@H](Cc3cccc([N+](=O)[O-])c3)C(=O)N2c2ccccc2)cc1. The molecule has 0 saturated carbocycles. The molecule has 3 aromatic rings. The molecule has 1 saturated heterocycles. The molecule has 1 N–H and O–H groups in total. The summed E-state index contributed by atoms with van der Waals surface area (Å²) in [5.74, 6) is -0.184.